The first-order valence-electron chi connectivity index (χ1n) is 5.97. The molecule has 1 heterocycles. The van der Waals surface area contributed by atoms with Crippen LogP contribution < -0.4 is 10.1 Å². The molecule has 0 aromatic heterocycles. The van der Waals surface area contributed by atoms with Crippen LogP contribution in [0, 0.1) is 0 Å². The quantitative estimate of drug-likeness (QED) is 0.837. The normalized spacial score (nSPS) is 16.1. The zero-order chi connectivity index (χ0) is 11.4. The average molecular weight is 217 g/mol. The molecule has 1 aliphatic rings. The number of hydrogen-bond acceptors (Lipinski definition) is 2. The van der Waals surface area contributed by atoms with Crippen molar-refractivity contribution in [1.29, 1.82) is 0 Å². The summed E-state index contributed by atoms with van der Waals surface area (Å²) in [4.78, 5) is 0. The highest BCUT2D eigenvalue weighted by Crippen LogP contribution is 2.26. The minimum absolute atomic E-state index is 0.425. The van der Waals surface area contributed by atoms with Gasteiger partial charge in [0.25, 0.3) is 0 Å². The molecule has 2 rings (SSSR count). The first-order valence-corrected chi connectivity index (χ1v) is 5.97. The molecule has 0 aliphatic carbocycles. The number of nitrogens with one attached hydrogen (secondary N) is 1. The van der Waals surface area contributed by atoms with Crippen LogP contribution in [-0.4, -0.2) is 19.2 Å². The van der Waals surface area contributed by atoms with Gasteiger partial charge in [-0.15, -0.1) is 0 Å². The molecule has 1 atom stereocenters. The van der Waals surface area contributed by atoms with E-state index in [2.05, 4.69) is 49.5 Å². The summed E-state index contributed by atoms with van der Waals surface area (Å²) in [5.41, 5.74) is 2.59. The van der Waals surface area contributed by atoms with Crippen LogP contribution in [-0.2, 0) is 6.42 Å². The zero-order valence-electron chi connectivity index (χ0n) is 9.99. The Hall–Kier alpha value is -1.28. The molecule has 0 spiro atoms. The van der Waals surface area contributed by atoms with Gasteiger partial charge in [0.2, 0.25) is 0 Å². The third-order valence-electron chi connectivity index (χ3n) is 2.82. The molecule has 1 aromatic carbocycles. The summed E-state index contributed by atoms with van der Waals surface area (Å²) >= 11 is 0. The van der Waals surface area contributed by atoms with E-state index in [1.807, 2.05) is 0 Å². The highest BCUT2D eigenvalue weighted by molar-refractivity contribution is 5.54. The Morgan fingerprint density at radius 1 is 1.50 bits per heavy atom. The van der Waals surface area contributed by atoms with Gasteiger partial charge in [-0.05, 0) is 36.7 Å². The van der Waals surface area contributed by atoms with Gasteiger partial charge in [0.15, 0.2) is 0 Å². The molecule has 2 nitrogen and oxygen atoms in total. The van der Waals surface area contributed by atoms with Gasteiger partial charge in [-0.2, -0.15) is 0 Å². The largest absolute Gasteiger partial charge is 0.493 e. The van der Waals surface area contributed by atoms with Crippen LogP contribution in [0.4, 0.5) is 0 Å². The Morgan fingerprint density at radius 3 is 3.19 bits per heavy atom. The van der Waals surface area contributed by atoms with Crippen LogP contribution in [0.5, 0.6) is 5.75 Å². The molecule has 2 heteroatoms. The molecule has 1 unspecified atom stereocenters. The number of ether oxygens (including phenoxy) is 1. The lowest BCUT2D eigenvalue weighted by atomic mass is 10.1. The van der Waals surface area contributed by atoms with Gasteiger partial charge in [0, 0.05) is 12.5 Å². The SMILES string of the molecule is CCNC(C)/C=C/c1ccc2c(c1)CCO2. The second kappa shape index (κ2) is 5.17. The molecule has 0 amide bonds. The molecule has 1 aromatic rings. The molecule has 86 valence electrons. The van der Waals surface area contributed by atoms with Crippen LogP contribution >= 0.6 is 0 Å². The summed E-state index contributed by atoms with van der Waals surface area (Å²) in [6.07, 6.45) is 5.41. The van der Waals surface area contributed by atoms with Crippen molar-refractivity contribution in [1.82, 2.24) is 5.32 Å². The van der Waals surface area contributed by atoms with Gasteiger partial charge in [-0.1, -0.05) is 25.1 Å². The summed E-state index contributed by atoms with van der Waals surface area (Å²) in [6, 6.07) is 6.83. The number of fused-ring (bicyclic) bond motifs is 1. The van der Waals surface area contributed by atoms with E-state index >= 15 is 0 Å². The topological polar surface area (TPSA) is 21.3 Å². The van der Waals surface area contributed by atoms with E-state index in [1.165, 1.54) is 11.1 Å². The summed E-state index contributed by atoms with van der Waals surface area (Å²) in [7, 11) is 0. The van der Waals surface area contributed by atoms with E-state index in [4.69, 9.17) is 4.74 Å². The Balaban J connectivity index is 2.05. The van der Waals surface area contributed by atoms with Gasteiger partial charge >= 0.3 is 0 Å². The standard InChI is InChI=1S/C14H19NO/c1-3-15-11(2)4-5-12-6-7-14-13(10-12)8-9-16-14/h4-7,10-11,15H,3,8-9H2,1-2H3/b5-4+. The monoisotopic (exact) mass is 217 g/mol. The van der Waals surface area contributed by atoms with E-state index in [1.54, 1.807) is 0 Å². The molecule has 16 heavy (non-hydrogen) atoms. The van der Waals surface area contributed by atoms with Crippen molar-refractivity contribution in [3.8, 4) is 5.75 Å². The summed E-state index contributed by atoms with van der Waals surface area (Å²) < 4.78 is 5.48. The van der Waals surface area contributed by atoms with Gasteiger partial charge in [-0.25, -0.2) is 0 Å². The van der Waals surface area contributed by atoms with Crippen molar-refractivity contribution in [2.24, 2.45) is 0 Å². The highest BCUT2D eigenvalue weighted by Gasteiger charge is 2.10. The van der Waals surface area contributed by atoms with Crippen LogP contribution in [0.25, 0.3) is 6.08 Å². The second-order valence-electron chi connectivity index (χ2n) is 4.17. The fourth-order valence-electron chi connectivity index (χ4n) is 1.96. The van der Waals surface area contributed by atoms with Gasteiger partial charge in [-0.3, -0.25) is 0 Å². The first-order chi connectivity index (χ1) is 7.79. The van der Waals surface area contributed by atoms with E-state index in [-0.39, 0.29) is 0 Å². The number of hydrogen-bond donors (Lipinski definition) is 1. The summed E-state index contributed by atoms with van der Waals surface area (Å²) in [5, 5.41) is 3.36. The van der Waals surface area contributed by atoms with Crippen molar-refractivity contribution in [2.45, 2.75) is 26.3 Å². The lowest BCUT2D eigenvalue weighted by Crippen LogP contribution is -2.22. The first kappa shape index (κ1) is 11.2. The Morgan fingerprint density at radius 2 is 2.38 bits per heavy atom. The Kier molecular flexibility index (Phi) is 3.62. The molecule has 0 saturated carbocycles. The highest BCUT2D eigenvalue weighted by atomic mass is 16.5. The van der Waals surface area contributed by atoms with Crippen LogP contribution in [0.2, 0.25) is 0 Å². The summed E-state index contributed by atoms with van der Waals surface area (Å²) in [5.74, 6) is 1.05. The molecule has 0 saturated heterocycles. The van der Waals surface area contributed by atoms with E-state index in [0.29, 0.717) is 6.04 Å². The predicted molar refractivity (Wildman–Crippen MR) is 67.8 cm³/mol. The van der Waals surface area contributed by atoms with Gasteiger partial charge < -0.3 is 10.1 Å². The average Bonchev–Trinajstić information content (AvgIpc) is 2.74. The maximum Gasteiger partial charge on any atom is 0.122 e. The molecule has 0 radical (unpaired) electrons. The number of likely N-dealkylation sites (N-methyl/N-ethyl adjacent to an activating group) is 1. The fraction of sp³-hybridized carbons (Fsp3) is 0.429. The van der Waals surface area contributed by atoms with Gasteiger partial charge in [0.1, 0.15) is 5.75 Å². The fourth-order valence-corrected chi connectivity index (χ4v) is 1.96. The second-order valence-corrected chi connectivity index (χ2v) is 4.17. The molecule has 1 aliphatic heterocycles. The van der Waals surface area contributed by atoms with Crippen LogP contribution in [0.1, 0.15) is 25.0 Å². The lowest BCUT2D eigenvalue weighted by Gasteiger charge is -2.06. The van der Waals surface area contributed by atoms with E-state index in [0.717, 1.165) is 25.3 Å². The summed E-state index contributed by atoms with van der Waals surface area (Å²) in [6.45, 7) is 6.12. The number of rotatable bonds is 4. The Bertz CT molecular complexity index is 384. The maximum atomic E-state index is 5.48. The van der Waals surface area contributed by atoms with Crippen molar-refractivity contribution in [3.05, 3.63) is 35.4 Å². The van der Waals surface area contributed by atoms with Crippen LogP contribution in [0.15, 0.2) is 24.3 Å². The Labute approximate surface area is 97.3 Å². The van der Waals surface area contributed by atoms with E-state index in [9.17, 15) is 0 Å². The molecule has 0 bridgehead atoms. The van der Waals surface area contributed by atoms with Crippen molar-refractivity contribution >= 4 is 6.08 Å². The minimum atomic E-state index is 0.425. The zero-order valence-corrected chi connectivity index (χ0v) is 9.99. The maximum absolute atomic E-state index is 5.48. The van der Waals surface area contributed by atoms with Crippen molar-refractivity contribution in [3.63, 3.8) is 0 Å². The number of benzene rings is 1. The molecular formula is C14H19NO. The van der Waals surface area contributed by atoms with Crippen molar-refractivity contribution in [2.75, 3.05) is 13.2 Å². The minimum Gasteiger partial charge on any atom is -0.493 e. The smallest absolute Gasteiger partial charge is 0.122 e. The third kappa shape index (κ3) is 2.64. The van der Waals surface area contributed by atoms with Gasteiger partial charge in [0.05, 0.1) is 6.61 Å². The molecule has 0 fully saturated rings. The van der Waals surface area contributed by atoms with Crippen molar-refractivity contribution < 1.29 is 4.74 Å². The predicted octanol–water partition coefficient (Wildman–Crippen LogP) is 2.63. The molecular weight excluding hydrogens is 198 g/mol. The lowest BCUT2D eigenvalue weighted by molar-refractivity contribution is 0.357. The molecule has 1 N–H and O–H groups in total. The van der Waals surface area contributed by atoms with E-state index < -0.39 is 0 Å². The third-order valence-corrected chi connectivity index (χ3v) is 2.82. The van der Waals surface area contributed by atoms with Crippen LogP contribution in [0.3, 0.4) is 0 Å².